The SMILES string of the molecule is COc1ccc(CNC2N3[C@H]4CN(CC(c5ccccc5)C5CCCC6(C)OC26C5)C(=O)[C@H](CC(=O)O)N4C(=O)CN3C)cc1. The number of benzene rings is 2. The zero-order valence-corrected chi connectivity index (χ0v) is 26.2. The van der Waals surface area contributed by atoms with Crippen LogP contribution in [0, 0.1) is 5.92 Å². The minimum Gasteiger partial charge on any atom is -0.497 e. The molecule has 2 aromatic carbocycles. The van der Waals surface area contributed by atoms with E-state index in [1.54, 1.807) is 12.0 Å². The van der Waals surface area contributed by atoms with Crippen LogP contribution in [0.15, 0.2) is 54.6 Å². The molecular formula is C34H43N5O6. The van der Waals surface area contributed by atoms with E-state index in [0.29, 0.717) is 13.1 Å². The molecule has 0 aromatic heterocycles. The molecule has 4 bridgehead atoms. The quantitative estimate of drug-likeness (QED) is 0.452. The van der Waals surface area contributed by atoms with E-state index in [-0.39, 0.29) is 48.5 Å². The minimum atomic E-state index is -1.10. The molecule has 1 aliphatic carbocycles. The van der Waals surface area contributed by atoms with Gasteiger partial charge < -0.3 is 24.4 Å². The number of epoxide rings is 1. The van der Waals surface area contributed by atoms with Crippen LogP contribution in [-0.4, -0.2) is 106 Å². The smallest absolute Gasteiger partial charge is 0.305 e. The minimum absolute atomic E-state index is 0.0430. The fourth-order valence-corrected chi connectivity index (χ4v) is 8.72. The van der Waals surface area contributed by atoms with Crippen molar-refractivity contribution in [3.05, 3.63) is 65.7 Å². The van der Waals surface area contributed by atoms with Crippen LogP contribution in [0.1, 0.15) is 56.1 Å². The van der Waals surface area contributed by atoms with Crippen molar-refractivity contribution < 1.29 is 29.0 Å². The van der Waals surface area contributed by atoms with Gasteiger partial charge in [0.05, 0.1) is 32.2 Å². The van der Waals surface area contributed by atoms with Gasteiger partial charge in [-0.25, -0.2) is 5.01 Å². The van der Waals surface area contributed by atoms with Crippen molar-refractivity contribution in [2.24, 2.45) is 5.92 Å². The number of hydrazine groups is 1. The summed E-state index contributed by atoms with van der Waals surface area (Å²) in [5, 5.41) is 17.9. The van der Waals surface area contributed by atoms with Crippen molar-refractivity contribution in [1.29, 1.82) is 0 Å². The number of nitrogens with zero attached hydrogens (tertiary/aromatic N) is 4. The van der Waals surface area contributed by atoms with Gasteiger partial charge in [0.2, 0.25) is 11.8 Å². The van der Waals surface area contributed by atoms with Crippen molar-refractivity contribution in [2.75, 3.05) is 33.8 Å². The number of hydrogen-bond donors (Lipinski definition) is 2. The van der Waals surface area contributed by atoms with Crippen molar-refractivity contribution in [1.82, 2.24) is 25.1 Å². The summed E-state index contributed by atoms with van der Waals surface area (Å²) in [6.45, 7) is 3.57. The Morgan fingerprint density at radius 1 is 1.11 bits per heavy atom. The van der Waals surface area contributed by atoms with Gasteiger partial charge >= 0.3 is 5.97 Å². The number of hydrogen-bond acceptors (Lipinski definition) is 8. The molecule has 5 unspecified atom stereocenters. The predicted octanol–water partition coefficient (Wildman–Crippen LogP) is 2.63. The molecule has 240 valence electrons. The number of methoxy groups -OCH3 is 1. The van der Waals surface area contributed by atoms with Crippen LogP contribution in [0.2, 0.25) is 0 Å². The second-order valence-electron chi connectivity index (χ2n) is 13.6. The van der Waals surface area contributed by atoms with Gasteiger partial charge in [-0.2, -0.15) is 5.01 Å². The number of carbonyl (C=O) groups is 3. The molecule has 4 heterocycles. The van der Waals surface area contributed by atoms with Crippen LogP contribution in [0.5, 0.6) is 5.75 Å². The highest BCUT2D eigenvalue weighted by atomic mass is 16.6. The third-order valence-corrected chi connectivity index (χ3v) is 11.0. The summed E-state index contributed by atoms with van der Waals surface area (Å²) in [6.07, 6.45) is 2.41. The van der Waals surface area contributed by atoms with Gasteiger partial charge in [-0.3, -0.25) is 19.7 Å². The van der Waals surface area contributed by atoms with Gasteiger partial charge in [-0.15, -0.1) is 0 Å². The molecule has 7 atom stereocenters. The van der Waals surface area contributed by atoms with Crippen LogP contribution in [0.3, 0.4) is 0 Å². The molecule has 4 aliphatic heterocycles. The predicted molar refractivity (Wildman–Crippen MR) is 165 cm³/mol. The van der Waals surface area contributed by atoms with Crippen LogP contribution in [0.4, 0.5) is 0 Å². The molecule has 1 spiro atoms. The van der Waals surface area contributed by atoms with Gasteiger partial charge in [-0.1, -0.05) is 48.9 Å². The lowest BCUT2D eigenvalue weighted by Gasteiger charge is -2.58. The lowest BCUT2D eigenvalue weighted by atomic mass is 9.75. The van der Waals surface area contributed by atoms with Gasteiger partial charge in [0, 0.05) is 26.1 Å². The first-order valence-electron chi connectivity index (χ1n) is 16.1. The molecule has 2 aromatic rings. The first-order chi connectivity index (χ1) is 21.6. The van der Waals surface area contributed by atoms with Crippen molar-refractivity contribution >= 4 is 17.8 Å². The van der Waals surface area contributed by atoms with E-state index < -0.39 is 30.2 Å². The Morgan fingerprint density at radius 2 is 1.87 bits per heavy atom. The average Bonchev–Trinajstić information content (AvgIpc) is 3.64. The number of amides is 2. The summed E-state index contributed by atoms with van der Waals surface area (Å²) in [5.74, 6) is -0.557. The zero-order valence-electron chi connectivity index (χ0n) is 26.2. The van der Waals surface area contributed by atoms with Gasteiger partial charge in [0.1, 0.15) is 29.7 Å². The van der Waals surface area contributed by atoms with Gasteiger partial charge in [0.25, 0.3) is 0 Å². The Bertz CT molecular complexity index is 1460. The molecule has 5 fully saturated rings. The molecular weight excluding hydrogens is 574 g/mol. The Morgan fingerprint density at radius 3 is 2.58 bits per heavy atom. The van der Waals surface area contributed by atoms with E-state index in [4.69, 9.17) is 9.47 Å². The molecule has 11 heteroatoms. The van der Waals surface area contributed by atoms with Crippen molar-refractivity contribution in [2.45, 2.75) is 81.1 Å². The summed E-state index contributed by atoms with van der Waals surface area (Å²) in [4.78, 5) is 43.3. The van der Waals surface area contributed by atoms with Gasteiger partial charge in [0.15, 0.2) is 0 Å². The number of nitrogens with one attached hydrogen (secondary N) is 1. The fraction of sp³-hybridized carbons (Fsp3) is 0.559. The summed E-state index contributed by atoms with van der Waals surface area (Å²) in [5.41, 5.74) is 1.33. The second-order valence-corrected chi connectivity index (χ2v) is 13.6. The number of carbonyl (C=O) groups excluding carboxylic acids is 2. The first kappa shape index (κ1) is 30.2. The standard InChI is InChI=1S/C34H43N5O6/c1-33-15-7-10-24-17-34(33,45-33)32(35-18-22-11-13-25(44-3)14-12-22)39-28-20-37(19-26(24)23-8-5-4-6-9-23)31(43)27(16-30(41)42)38(28)29(40)21-36(39)2/h4-6,8-9,11-14,24,26-28,32,35H,7,10,15-21H2,1-3H3,(H,41,42)/t24?,26?,27-,28-,32?,33?,34?/m0/s1. The Kier molecular flexibility index (Phi) is 7.63. The van der Waals surface area contributed by atoms with Gasteiger partial charge in [-0.05, 0) is 55.4 Å². The lowest BCUT2D eigenvalue weighted by Crippen LogP contribution is -2.79. The summed E-state index contributed by atoms with van der Waals surface area (Å²) in [7, 11) is 3.56. The largest absolute Gasteiger partial charge is 0.497 e. The van der Waals surface area contributed by atoms with Crippen molar-refractivity contribution in [3.8, 4) is 5.75 Å². The molecule has 2 N–H and O–H groups in total. The molecule has 45 heavy (non-hydrogen) atoms. The molecule has 0 radical (unpaired) electrons. The molecule has 1 saturated carbocycles. The first-order valence-corrected chi connectivity index (χ1v) is 16.1. The maximum Gasteiger partial charge on any atom is 0.305 e. The Labute approximate surface area is 264 Å². The third-order valence-electron chi connectivity index (χ3n) is 11.0. The number of carboxylic acid groups (broad SMARTS) is 1. The summed E-state index contributed by atoms with van der Waals surface area (Å²) < 4.78 is 12.3. The summed E-state index contributed by atoms with van der Waals surface area (Å²) >= 11 is 0. The van der Waals surface area contributed by atoms with E-state index in [0.717, 1.165) is 37.0 Å². The Balaban J connectivity index is 1.36. The lowest BCUT2D eigenvalue weighted by molar-refractivity contribution is -0.220. The number of piperazine rings is 1. The number of fused-ring (bicyclic) bond motifs is 2. The monoisotopic (exact) mass is 617 g/mol. The number of aliphatic carboxylic acids is 1. The van der Waals surface area contributed by atoms with Crippen LogP contribution >= 0.6 is 0 Å². The molecule has 4 saturated heterocycles. The van der Waals surface area contributed by atoms with Crippen molar-refractivity contribution in [3.63, 3.8) is 0 Å². The van der Waals surface area contributed by atoms with E-state index in [9.17, 15) is 19.5 Å². The van der Waals surface area contributed by atoms with Crippen LogP contribution in [0.25, 0.3) is 0 Å². The molecule has 2 amide bonds. The number of rotatable bonds is 7. The third kappa shape index (κ3) is 5.10. The average molecular weight is 618 g/mol. The van der Waals surface area contributed by atoms with E-state index in [2.05, 4.69) is 29.4 Å². The van der Waals surface area contributed by atoms with E-state index in [1.807, 2.05) is 59.4 Å². The second kappa shape index (κ2) is 11.4. The molecule has 5 aliphatic rings. The van der Waals surface area contributed by atoms with E-state index in [1.165, 1.54) is 5.56 Å². The van der Waals surface area contributed by atoms with E-state index >= 15 is 0 Å². The number of carboxylic acids is 1. The highest BCUT2D eigenvalue weighted by molar-refractivity contribution is 5.93. The summed E-state index contributed by atoms with van der Waals surface area (Å²) in [6, 6.07) is 17.3. The maximum absolute atomic E-state index is 14.1. The highest BCUT2D eigenvalue weighted by Crippen LogP contribution is 2.61. The maximum atomic E-state index is 14.1. The fourth-order valence-electron chi connectivity index (χ4n) is 8.72. The zero-order chi connectivity index (χ0) is 31.5. The number of ether oxygens (including phenoxy) is 2. The number of likely N-dealkylation sites (N-methyl/N-ethyl adjacent to an activating group) is 1. The van der Waals surface area contributed by atoms with Crippen LogP contribution in [-0.2, 0) is 25.7 Å². The molecule has 7 rings (SSSR count). The highest BCUT2D eigenvalue weighted by Gasteiger charge is 2.74. The normalized spacial score (nSPS) is 35.0. The Hall–Kier alpha value is -3.51. The molecule has 11 nitrogen and oxygen atoms in total. The van der Waals surface area contributed by atoms with Crippen LogP contribution < -0.4 is 10.1 Å². The topological polar surface area (TPSA) is 118 Å².